The summed E-state index contributed by atoms with van der Waals surface area (Å²) in [6.45, 7) is 0. The van der Waals surface area contributed by atoms with Crippen molar-refractivity contribution in [3.8, 4) is 11.1 Å². The van der Waals surface area contributed by atoms with Crippen LogP contribution in [0.2, 0.25) is 20.1 Å². The third kappa shape index (κ3) is 2.98. The van der Waals surface area contributed by atoms with E-state index in [9.17, 15) is 9.90 Å². The lowest BCUT2D eigenvalue weighted by Crippen LogP contribution is -1.99. The molecule has 0 aliphatic rings. The van der Waals surface area contributed by atoms with Gasteiger partial charge in [0.25, 0.3) is 0 Å². The number of carboxylic acids is 1. The summed E-state index contributed by atoms with van der Waals surface area (Å²) in [4.78, 5) is 11.2. The van der Waals surface area contributed by atoms with Gasteiger partial charge in [-0.25, -0.2) is 4.79 Å². The molecule has 98 valence electrons. The van der Waals surface area contributed by atoms with Crippen molar-refractivity contribution in [3.05, 3.63) is 56.0 Å². The smallest absolute Gasteiger partial charge is 0.336 e. The normalized spacial score (nSPS) is 10.5. The van der Waals surface area contributed by atoms with Crippen LogP contribution < -0.4 is 0 Å². The van der Waals surface area contributed by atoms with E-state index in [-0.39, 0.29) is 10.6 Å². The fraction of sp³-hybridized carbons (Fsp3) is 0. The van der Waals surface area contributed by atoms with E-state index in [1.807, 2.05) is 0 Å². The maximum Gasteiger partial charge on any atom is 0.336 e. The summed E-state index contributed by atoms with van der Waals surface area (Å²) >= 11 is 23.8. The Morgan fingerprint density at radius 3 is 2.11 bits per heavy atom. The molecule has 1 N–H and O–H groups in total. The minimum Gasteiger partial charge on any atom is -0.478 e. The Morgan fingerprint density at radius 1 is 0.842 bits per heavy atom. The number of aromatic carboxylic acids is 1. The zero-order chi connectivity index (χ0) is 14.2. The molecular weight excluding hydrogens is 330 g/mol. The van der Waals surface area contributed by atoms with Gasteiger partial charge in [0.15, 0.2) is 0 Å². The first-order valence-electron chi connectivity index (χ1n) is 5.08. The van der Waals surface area contributed by atoms with Crippen molar-refractivity contribution in [2.45, 2.75) is 0 Å². The zero-order valence-electron chi connectivity index (χ0n) is 9.25. The van der Waals surface area contributed by atoms with Crippen molar-refractivity contribution in [2.75, 3.05) is 0 Å². The second kappa shape index (κ2) is 5.59. The molecule has 2 rings (SSSR count). The van der Waals surface area contributed by atoms with Crippen LogP contribution in [0.15, 0.2) is 30.3 Å². The average molecular weight is 336 g/mol. The van der Waals surface area contributed by atoms with E-state index in [2.05, 4.69) is 0 Å². The van der Waals surface area contributed by atoms with Crippen molar-refractivity contribution >= 4 is 52.4 Å². The third-order valence-electron chi connectivity index (χ3n) is 2.51. The number of rotatable bonds is 2. The van der Waals surface area contributed by atoms with Gasteiger partial charge in [0.05, 0.1) is 20.6 Å². The first-order valence-corrected chi connectivity index (χ1v) is 6.59. The molecule has 0 spiro atoms. The van der Waals surface area contributed by atoms with Crippen LogP contribution >= 0.6 is 46.4 Å². The summed E-state index contributed by atoms with van der Waals surface area (Å²) in [6.07, 6.45) is 0. The molecule has 0 radical (unpaired) electrons. The highest BCUT2D eigenvalue weighted by molar-refractivity contribution is 6.44. The summed E-state index contributed by atoms with van der Waals surface area (Å²) in [5, 5.41) is 10.5. The zero-order valence-corrected chi connectivity index (χ0v) is 12.3. The number of halogens is 4. The van der Waals surface area contributed by atoms with Gasteiger partial charge in [-0.3, -0.25) is 0 Å². The van der Waals surface area contributed by atoms with Crippen LogP contribution in [0, 0.1) is 0 Å². The minimum absolute atomic E-state index is 0.0877. The topological polar surface area (TPSA) is 37.3 Å². The Hall–Kier alpha value is -0.930. The van der Waals surface area contributed by atoms with E-state index >= 15 is 0 Å². The van der Waals surface area contributed by atoms with Gasteiger partial charge < -0.3 is 5.11 Å². The predicted molar refractivity (Wildman–Crippen MR) is 78.9 cm³/mol. The van der Waals surface area contributed by atoms with Crippen LogP contribution in [0.1, 0.15) is 10.4 Å². The van der Waals surface area contributed by atoms with Gasteiger partial charge in [0, 0.05) is 10.6 Å². The number of hydrogen-bond acceptors (Lipinski definition) is 1. The monoisotopic (exact) mass is 334 g/mol. The fourth-order valence-corrected chi connectivity index (χ4v) is 2.48. The summed E-state index contributed by atoms with van der Waals surface area (Å²) in [5.74, 6) is -1.08. The molecule has 0 aliphatic carbocycles. The molecular formula is C13H6Cl4O2. The van der Waals surface area contributed by atoms with Gasteiger partial charge in [-0.05, 0) is 35.9 Å². The summed E-state index contributed by atoms with van der Waals surface area (Å²) in [7, 11) is 0. The highest BCUT2D eigenvalue weighted by Gasteiger charge is 2.16. The van der Waals surface area contributed by atoms with E-state index in [1.54, 1.807) is 0 Å². The molecule has 0 aliphatic heterocycles. The molecule has 0 fully saturated rings. The van der Waals surface area contributed by atoms with Gasteiger partial charge in [0.2, 0.25) is 0 Å². The lowest BCUT2D eigenvalue weighted by Gasteiger charge is -2.10. The van der Waals surface area contributed by atoms with E-state index in [4.69, 9.17) is 46.4 Å². The predicted octanol–water partition coefficient (Wildman–Crippen LogP) is 5.67. The quantitative estimate of drug-likeness (QED) is 0.718. The number of hydrogen-bond donors (Lipinski definition) is 1. The molecule has 0 aromatic heterocycles. The van der Waals surface area contributed by atoms with Gasteiger partial charge in [-0.2, -0.15) is 0 Å². The maximum atomic E-state index is 11.2. The molecule has 2 aromatic rings. The first kappa shape index (κ1) is 14.5. The van der Waals surface area contributed by atoms with Crippen molar-refractivity contribution in [3.63, 3.8) is 0 Å². The van der Waals surface area contributed by atoms with Crippen molar-refractivity contribution in [2.24, 2.45) is 0 Å². The Bertz CT molecular complexity index is 668. The van der Waals surface area contributed by atoms with E-state index in [0.717, 1.165) is 0 Å². The molecule has 0 saturated heterocycles. The first-order chi connectivity index (χ1) is 8.90. The van der Waals surface area contributed by atoms with Crippen molar-refractivity contribution < 1.29 is 9.90 Å². The van der Waals surface area contributed by atoms with Gasteiger partial charge >= 0.3 is 5.97 Å². The van der Waals surface area contributed by atoms with Crippen LogP contribution in [-0.4, -0.2) is 11.1 Å². The molecule has 2 aromatic carbocycles. The lowest BCUT2D eigenvalue weighted by molar-refractivity contribution is 0.0698. The molecule has 0 amide bonds. The Kier molecular flexibility index (Phi) is 4.26. The molecule has 0 heterocycles. The highest BCUT2D eigenvalue weighted by atomic mass is 35.5. The van der Waals surface area contributed by atoms with Crippen LogP contribution in [0.4, 0.5) is 0 Å². The van der Waals surface area contributed by atoms with Crippen LogP contribution in [0.5, 0.6) is 0 Å². The Labute approximate surface area is 129 Å². The Balaban J connectivity index is 2.74. The van der Waals surface area contributed by atoms with Gasteiger partial charge in [-0.15, -0.1) is 0 Å². The average Bonchev–Trinajstić information content (AvgIpc) is 2.33. The van der Waals surface area contributed by atoms with E-state index in [0.29, 0.717) is 26.2 Å². The largest absolute Gasteiger partial charge is 0.478 e. The molecule has 19 heavy (non-hydrogen) atoms. The molecule has 0 saturated carbocycles. The lowest BCUT2D eigenvalue weighted by atomic mass is 9.99. The van der Waals surface area contributed by atoms with Gasteiger partial charge in [-0.1, -0.05) is 46.4 Å². The second-order valence-corrected chi connectivity index (χ2v) is 5.40. The molecule has 2 nitrogen and oxygen atoms in total. The fourth-order valence-electron chi connectivity index (χ4n) is 1.65. The highest BCUT2D eigenvalue weighted by Crippen LogP contribution is 2.37. The second-order valence-electron chi connectivity index (χ2n) is 3.74. The van der Waals surface area contributed by atoms with Crippen LogP contribution in [0.25, 0.3) is 11.1 Å². The SMILES string of the molecule is O=C(O)c1ccc(Cl)cc1-c1cc(Cl)c(Cl)cc1Cl. The minimum atomic E-state index is -1.08. The number of carbonyl (C=O) groups is 1. The van der Waals surface area contributed by atoms with E-state index in [1.165, 1.54) is 30.3 Å². The summed E-state index contributed by atoms with van der Waals surface area (Å²) < 4.78 is 0. The Morgan fingerprint density at radius 2 is 1.47 bits per heavy atom. The van der Waals surface area contributed by atoms with E-state index < -0.39 is 5.97 Å². The maximum absolute atomic E-state index is 11.2. The molecule has 0 bridgehead atoms. The summed E-state index contributed by atoms with van der Waals surface area (Å²) in [6, 6.07) is 7.42. The third-order valence-corrected chi connectivity index (χ3v) is 3.78. The number of carboxylic acid groups (broad SMARTS) is 1. The molecule has 6 heteroatoms. The van der Waals surface area contributed by atoms with Crippen LogP contribution in [0.3, 0.4) is 0 Å². The number of benzene rings is 2. The van der Waals surface area contributed by atoms with Crippen LogP contribution in [-0.2, 0) is 0 Å². The standard InChI is InChI=1S/C13H6Cl4O2/c14-6-1-2-7(13(18)19)8(3-6)9-4-11(16)12(17)5-10(9)15/h1-5H,(H,18,19). The van der Waals surface area contributed by atoms with Crippen molar-refractivity contribution in [1.82, 2.24) is 0 Å². The summed E-state index contributed by atoms with van der Waals surface area (Å²) in [5.41, 5.74) is 0.948. The molecule has 0 unspecified atom stereocenters. The van der Waals surface area contributed by atoms with Gasteiger partial charge in [0.1, 0.15) is 0 Å². The van der Waals surface area contributed by atoms with Crippen molar-refractivity contribution in [1.29, 1.82) is 0 Å². The molecule has 0 atom stereocenters.